The molecule has 0 atom stereocenters. The molecular weight excluding hydrogens is 236 g/mol. The number of hydrogen-bond acceptors (Lipinski definition) is 3. The fourth-order valence-electron chi connectivity index (χ4n) is 3.09. The van der Waals surface area contributed by atoms with Gasteiger partial charge in [0.1, 0.15) is 0 Å². The minimum Gasteiger partial charge on any atom is -0.379 e. The van der Waals surface area contributed by atoms with Crippen LogP contribution in [0.15, 0.2) is 24.3 Å². The molecule has 2 fully saturated rings. The number of aryl methyl sites for hydroxylation is 1. The molecule has 2 aliphatic heterocycles. The summed E-state index contributed by atoms with van der Waals surface area (Å²) < 4.78 is 5.54. The van der Waals surface area contributed by atoms with E-state index in [4.69, 9.17) is 4.74 Å². The van der Waals surface area contributed by atoms with E-state index < -0.39 is 0 Å². The van der Waals surface area contributed by atoms with E-state index in [1.54, 1.807) is 0 Å². The van der Waals surface area contributed by atoms with Crippen molar-refractivity contribution in [3.05, 3.63) is 35.4 Å². The molecule has 0 saturated carbocycles. The summed E-state index contributed by atoms with van der Waals surface area (Å²) in [6.07, 6.45) is 1.22. The van der Waals surface area contributed by atoms with Gasteiger partial charge in [-0.15, -0.1) is 0 Å². The quantitative estimate of drug-likeness (QED) is 0.889. The first-order valence-corrected chi connectivity index (χ1v) is 7.37. The number of ether oxygens (including phenoxy) is 1. The van der Waals surface area contributed by atoms with E-state index in [0.29, 0.717) is 0 Å². The topological polar surface area (TPSA) is 24.5 Å². The second-order valence-corrected chi connectivity index (χ2v) is 5.98. The zero-order valence-corrected chi connectivity index (χ0v) is 11.8. The van der Waals surface area contributed by atoms with Crippen molar-refractivity contribution in [1.82, 2.24) is 10.2 Å². The highest BCUT2D eigenvalue weighted by Gasteiger charge is 2.40. The lowest BCUT2D eigenvalue weighted by molar-refractivity contribution is -0.0679. The van der Waals surface area contributed by atoms with E-state index in [0.717, 1.165) is 26.3 Å². The van der Waals surface area contributed by atoms with Crippen LogP contribution in [0.1, 0.15) is 17.5 Å². The molecule has 3 heteroatoms. The minimum absolute atomic E-state index is 0.275. The van der Waals surface area contributed by atoms with Gasteiger partial charge in [0.05, 0.1) is 13.2 Å². The summed E-state index contributed by atoms with van der Waals surface area (Å²) >= 11 is 0. The van der Waals surface area contributed by atoms with Crippen LogP contribution < -0.4 is 5.32 Å². The van der Waals surface area contributed by atoms with E-state index in [1.165, 1.54) is 37.2 Å². The first-order chi connectivity index (χ1) is 9.28. The van der Waals surface area contributed by atoms with Crippen molar-refractivity contribution >= 4 is 0 Å². The Morgan fingerprint density at radius 2 is 2.05 bits per heavy atom. The third-order valence-corrected chi connectivity index (χ3v) is 4.50. The highest BCUT2D eigenvalue weighted by atomic mass is 16.5. The zero-order chi connectivity index (χ0) is 13.1. The van der Waals surface area contributed by atoms with Crippen LogP contribution in [-0.4, -0.2) is 50.8 Å². The van der Waals surface area contributed by atoms with Crippen molar-refractivity contribution in [2.45, 2.75) is 18.8 Å². The normalized spacial score (nSPS) is 23.0. The van der Waals surface area contributed by atoms with Crippen molar-refractivity contribution in [3.8, 4) is 0 Å². The van der Waals surface area contributed by atoms with Crippen LogP contribution in [0.25, 0.3) is 0 Å². The molecule has 1 N–H and O–H groups in total. The smallest absolute Gasteiger partial charge is 0.0586 e. The van der Waals surface area contributed by atoms with Crippen LogP contribution in [-0.2, 0) is 10.2 Å². The molecule has 0 aliphatic carbocycles. The molecule has 0 radical (unpaired) electrons. The molecule has 0 amide bonds. The fourth-order valence-corrected chi connectivity index (χ4v) is 3.09. The van der Waals surface area contributed by atoms with Gasteiger partial charge in [-0.3, -0.25) is 0 Å². The van der Waals surface area contributed by atoms with Crippen LogP contribution in [0.2, 0.25) is 0 Å². The summed E-state index contributed by atoms with van der Waals surface area (Å²) in [5, 5.41) is 3.41. The first-order valence-electron chi connectivity index (χ1n) is 7.37. The zero-order valence-electron chi connectivity index (χ0n) is 11.8. The molecule has 2 heterocycles. The Labute approximate surface area is 115 Å². The Morgan fingerprint density at radius 3 is 2.68 bits per heavy atom. The average Bonchev–Trinajstić information content (AvgIpc) is 2.39. The van der Waals surface area contributed by atoms with Gasteiger partial charge in [0.25, 0.3) is 0 Å². The Balaban J connectivity index is 1.65. The van der Waals surface area contributed by atoms with Crippen LogP contribution in [0.4, 0.5) is 0 Å². The molecule has 3 rings (SSSR count). The van der Waals surface area contributed by atoms with Gasteiger partial charge >= 0.3 is 0 Å². The van der Waals surface area contributed by atoms with Gasteiger partial charge in [-0.05, 0) is 25.5 Å². The summed E-state index contributed by atoms with van der Waals surface area (Å²) in [5.74, 6) is 0. The molecule has 0 spiro atoms. The maximum absolute atomic E-state index is 5.54. The number of piperazine rings is 1. The van der Waals surface area contributed by atoms with Gasteiger partial charge < -0.3 is 15.0 Å². The maximum Gasteiger partial charge on any atom is 0.0586 e. The van der Waals surface area contributed by atoms with Crippen LogP contribution in [0.3, 0.4) is 0 Å². The van der Waals surface area contributed by atoms with E-state index in [-0.39, 0.29) is 5.41 Å². The SMILES string of the molecule is Cc1cccc(C2(CCN3CCNCC3)COC2)c1. The molecule has 2 saturated heterocycles. The standard InChI is InChI=1S/C16H24N2O/c1-14-3-2-4-15(11-14)16(12-19-13-16)5-8-18-9-6-17-7-10-18/h2-4,11,17H,5-10,12-13H2,1H3. The van der Waals surface area contributed by atoms with E-state index in [2.05, 4.69) is 41.4 Å². The van der Waals surface area contributed by atoms with Gasteiger partial charge in [0, 0.05) is 31.6 Å². The van der Waals surface area contributed by atoms with Crippen molar-refractivity contribution in [2.75, 3.05) is 45.9 Å². The number of nitrogens with zero attached hydrogens (tertiary/aromatic N) is 1. The van der Waals surface area contributed by atoms with Gasteiger partial charge in [0.15, 0.2) is 0 Å². The van der Waals surface area contributed by atoms with Crippen molar-refractivity contribution in [2.24, 2.45) is 0 Å². The highest BCUT2D eigenvalue weighted by Crippen LogP contribution is 2.36. The molecule has 1 aromatic carbocycles. The minimum atomic E-state index is 0.275. The molecule has 104 valence electrons. The van der Waals surface area contributed by atoms with E-state index in [9.17, 15) is 0 Å². The monoisotopic (exact) mass is 260 g/mol. The Hall–Kier alpha value is -0.900. The summed E-state index contributed by atoms with van der Waals surface area (Å²) in [6.45, 7) is 9.79. The van der Waals surface area contributed by atoms with Gasteiger partial charge in [-0.1, -0.05) is 29.8 Å². The molecule has 0 aromatic heterocycles. The van der Waals surface area contributed by atoms with Crippen molar-refractivity contribution in [1.29, 1.82) is 0 Å². The third-order valence-electron chi connectivity index (χ3n) is 4.50. The first kappa shape index (κ1) is 13.1. The summed E-state index contributed by atoms with van der Waals surface area (Å²) in [4.78, 5) is 2.58. The predicted molar refractivity (Wildman–Crippen MR) is 77.6 cm³/mol. The number of nitrogens with one attached hydrogen (secondary N) is 1. The number of hydrogen-bond donors (Lipinski definition) is 1. The largest absolute Gasteiger partial charge is 0.379 e. The van der Waals surface area contributed by atoms with E-state index >= 15 is 0 Å². The second kappa shape index (κ2) is 5.61. The fraction of sp³-hybridized carbons (Fsp3) is 0.625. The Morgan fingerprint density at radius 1 is 1.26 bits per heavy atom. The Bertz CT molecular complexity index is 423. The van der Waals surface area contributed by atoms with Gasteiger partial charge in [-0.25, -0.2) is 0 Å². The molecule has 3 nitrogen and oxygen atoms in total. The third kappa shape index (κ3) is 2.83. The maximum atomic E-state index is 5.54. The van der Waals surface area contributed by atoms with E-state index in [1.807, 2.05) is 0 Å². The molecule has 1 aromatic rings. The molecular formula is C16H24N2O. The summed E-state index contributed by atoms with van der Waals surface area (Å²) in [5.41, 5.74) is 3.09. The Kier molecular flexibility index (Phi) is 3.87. The molecule has 0 bridgehead atoms. The van der Waals surface area contributed by atoms with Crippen LogP contribution >= 0.6 is 0 Å². The summed E-state index contributed by atoms with van der Waals surface area (Å²) in [7, 11) is 0. The van der Waals surface area contributed by atoms with Crippen molar-refractivity contribution in [3.63, 3.8) is 0 Å². The lowest BCUT2D eigenvalue weighted by Gasteiger charge is -2.43. The molecule has 0 unspecified atom stereocenters. The highest BCUT2D eigenvalue weighted by molar-refractivity contribution is 5.31. The molecule has 19 heavy (non-hydrogen) atoms. The predicted octanol–water partition coefficient (Wildman–Crippen LogP) is 1.56. The lowest BCUT2D eigenvalue weighted by atomic mass is 9.75. The summed E-state index contributed by atoms with van der Waals surface area (Å²) in [6, 6.07) is 8.95. The van der Waals surface area contributed by atoms with Gasteiger partial charge in [0.2, 0.25) is 0 Å². The number of rotatable bonds is 4. The van der Waals surface area contributed by atoms with Crippen LogP contribution in [0.5, 0.6) is 0 Å². The van der Waals surface area contributed by atoms with Crippen molar-refractivity contribution < 1.29 is 4.74 Å². The number of benzene rings is 1. The lowest BCUT2D eigenvalue weighted by Crippen LogP contribution is -2.51. The molecule has 2 aliphatic rings. The second-order valence-electron chi connectivity index (χ2n) is 5.98. The van der Waals surface area contributed by atoms with Crippen LogP contribution in [0, 0.1) is 6.92 Å². The van der Waals surface area contributed by atoms with Gasteiger partial charge in [-0.2, -0.15) is 0 Å². The average molecular weight is 260 g/mol.